The standard InChI is InChI=1S/C9H18N2O/c10-5-8-6-12-7-9(8)11-3-1-2-4-11/h8-9H,1-7,10H2. The molecule has 70 valence electrons. The maximum absolute atomic E-state index is 5.69. The Bertz CT molecular complexity index is 145. The van der Waals surface area contributed by atoms with Gasteiger partial charge in [-0.2, -0.15) is 0 Å². The molecule has 0 aromatic rings. The molecule has 0 spiro atoms. The molecule has 2 aliphatic rings. The molecule has 2 rings (SSSR count). The third-order valence-corrected chi connectivity index (χ3v) is 3.08. The summed E-state index contributed by atoms with van der Waals surface area (Å²) in [6.07, 6.45) is 2.71. The van der Waals surface area contributed by atoms with E-state index in [2.05, 4.69) is 4.90 Å². The summed E-state index contributed by atoms with van der Waals surface area (Å²) >= 11 is 0. The average molecular weight is 170 g/mol. The molecule has 0 aromatic heterocycles. The molecule has 2 unspecified atom stereocenters. The maximum atomic E-state index is 5.69. The normalized spacial score (nSPS) is 37.8. The van der Waals surface area contributed by atoms with E-state index >= 15 is 0 Å². The lowest BCUT2D eigenvalue weighted by Crippen LogP contribution is -2.40. The van der Waals surface area contributed by atoms with E-state index in [4.69, 9.17) is 10.5 Å². The second-order valence-electron chi connectivity index (χ2n) is 3.84. The molecule has 2 fully saturated rings. The van der Waals surface area contributed by atoms with Crippen LogP contribution in [0.4, 0.5) is 0 Å². The molecule has 3 heteroatoms. The zero-order valence-electron chi connectivity index (χ0n) is 7.54. The van der Waals surface area contributed by atoms with Crippen molar-refractivity contribution in [3.8, 4) is 0 Å². The second-order valence-corrected chi connectivity index (χ2v) is 3.84. The zero-order chi connectivity index (χ0) is 8.39. The Kier molecular flexibility index (Phi) is 2.63. The van der Waals surface area contributed by atoms with E-state index in [1.165, 1.54) is 25.9 Å². The first-order valence-corrected chi connectivity index (χ1v) is 4.93. The van der Waals surface area contributed by atoms with Crippen LogP contribution >= 0.6 is 0 Å². The summed E-state index contributed by atoms with van der Waals surface area (Å²) in [6, 6.07) is 0.623. The zero-order valence-corrected chi connectivity index (χ0v) is 7.54. The first-order valence-electron chi connectivity index (χ1n) is 4.93. The minimum Gasteiger partial charge on any atom is -0.379 e. The summed E-state index contributed by atoms with van der Waals surface area (Å²) in [5, 5.41) is 0. The molecular formula is C9H18N2O. The van der Waals surface area contributed by atoms with Crippen LogP contribution in [0.2, 0.25) is 0 Å². The molecule has 0 bridgehead atoms. The highest BCUT2D eigenvalue weighted by Gasteiger charge is 2.33. The van der Waals surface area contributed by atoms with Gasteiger partial charge in [0, 0.05) is 12.0 Å². The summed E-state index contributed by atoms with van der Waals surface area (Å²) < 4.78 is 5.45. The van der Waals surface area contributed by atoms with Crippen LogP contribution in [-0.2, 0) is 4.74 Å². The largest absolute Gasteiger partial charge is 0.379 e. The summed E-state index contributed by atoms with van der Waals surface area (Å²) in [4.78, 5) is 2.55. The fraction of sp³-hybridized carbons (Fsp3) is 1.00. The molecular weight excluding hydrogens is 152 g/mol. The summed E-state index contributed by atoms with van der Waals surface area (Å²) in [5.41, 5.74) is 5.69. The van der Waals surface area contributed by atoms with Crippen molar-refractivity contribution >= 4 is 0 Å². The van der Waals surface area contributed by atoms with Gasteiger partial charge in [0.2, 0.25) is 0 Å². The predicted molar refractivity (Wildman–Crippen MR) is 48.0 cm³/mol. The van der Waals surface area contributed by atoms with E-state index in [1.54, 1.807) is 0 Å². The molecule has 3 nitrogen and oxygen atoms in total. The smallest absolute Gasteiger partial charge is 0.0626 e. The van der Waals surface area contributed by atoms with Crippen LogP contribution in [0.15, 0.2) is 0 Å². The Morgan fingerprint density at radius 1 is 1.25 bits per heavy atom. The minimum absolute atomic E-state index is 0.586. The summed E-state index contributed by atoms with van der Waals surface area (Å²) in [5.74, 6) is 0.586. The Morgan fingerprint density at radius 2 is 2.00 bits per heavy atom. The van der Waals surface area contributed by atoms with E-state index in [-0.39, 0.29) is 0 Å². The van der Waals surface area contributed by atoms with Gasteiger partial charge in [-0.25, -0.2) is 0 Å². The fourth-order valence-electron chi connectivity index (χ4n) is 2.29. The van der Waals surface area contributed by atoms with Gasteiger partial charge in [0.05, 0.1) is 13.2 Å². The highest BCUT2D eigenvalue weighted by atomic mass is 16.5. The molecule has 0 aromatic carbocycles. The summed E-state index contributed by atoms with van der Waals surface area (Å²) in [6.45, 7) is 5.07. The molecule has 0 aliphatic carbocycles. The number of rotatable bonds is 2. The monoisotopic (exact) mass is 170 g/mol. The van der Waals surface area contributed by atoms with E-state index < -0.39 is 0 Å². The van der Waals surface area contributed by atoms with E-state index in [0.29, 0.717) is 12.0 Å². The number of nitrogens with zero attached hydrogens (tertiary/aromatic N) is 1. The molecule has 2 aliphatic heterocycles. The van der Waals surface area contributed by atoms with Gasteiger partial charge in [0.1, 0.15) is 0 Å². The molecule has 0 radical (unpaired) electrons. The van der Waals surface area contributed by atoms with Crippen LogP contribution in [0.1, 0.15) is 12.8 Å². The third kappa shape index (κ3) is 1.49. The first-order chi connectivity index (χ1) is 5.92. The van der Waals surface area contributed by atoms with Crippen LogP contribution in [0.25, 0.3) is 0 Å². The molecule has 12 heavy (non-hydrogen) atoms. The highest BCUT2D eigenvalue weighted by molar-refractivity contribution is 4.86. The molecule has 2 heterocycles. The SMILES string of the molecule is NCC1COCC1N1CCCC1. The van der Waals surface area contributed by atoms with Crippen molar-refractivity contribution in [1.82, 2.24) is 4.90 Å². The van der Waals surface area contributed by atoms with Crippen molar-refractivity contribution in [1.29, 1.82) is 0 Å². The molecule has 0 saturated carbocycles. The third-order valence-electron chi connectivity index (χ3n) is 3.08. The Morgan fingerprint density at radius 3 is 2.67 bits per heavy atom. The van der Waals surface area contributed by atoms with Crippen molar-refractivity contribution in [3.63, 3.8) is 0 Å². The van der Waals surface area contributed by atoms with Crippen molar-refractivity contribution in [2.24, 2.45) is 11.7 Å². The maximum Gasteiger partial charge on any atom is 0.0626 e. The Labute approximate surface area is 73.9 Å². The topological polar surface area (TPSA) is 38.5 Å². The highest BCUT2D eigenvalue weighted by Crippen LogP contribution is 2.22. The van der Waals surface area contributed by atoms with Crippen LogP contribution < -0.4 is 5.73 Å². The molecule has 0 amide bonds. The van der Waals surface area contributed by atoms with E-state index in [1.807, 2.05) is 0 Å². The number of likely N-dealkylation sites (tertiary alicyclic amines) is 1. The molecule has 2 N–H and O–H groups in total. The predicted octanol–water partition coefficient (Wildman–Crippen LogP) is 0.0559. The van der Waals surface area contributed by atoms with Crippen LogP contribution in [-0.4, -0.2) is 43.8 Å². The average Bonchev–Trinajstić information content (AvgIpc) is 2.74. The van der Waals surface area contributed by atoms with Gasteiger partial charge in [0.15, 0.2) is 0 Å². The number of hydrogen-bond donors (Lipinski definition) is 1. The first kappa shape index (κ1) is 8.48. The van der Waals surface area contributed by atoms with Crippen LogP contribution in [0, 0.1) is 5.92 Å². The number of hydrogen-bond acceptors (Lipinski definition) is 3. The van der Waals surface area contributed by atoms with Crippen molar-refractivity contribution in [3.05, 3.63) is 0 Å². The lowest BCUT2D eigenvalue weighted by molar-refractivity contribution is 0.158. The van der Waals surface area contributed by atoms with Gasteiger partial charge in [-0.15, -0.1) is 0 Å². The van der Waals surface area contributed by atoms with Gasteiger partial charge in [-0.3, -0.25) is 4.90 Å². The Balaban J connectivity index is 1.92. The number of ether oxygens (including phenoxy) is 1. The van der Waals surface area contributed by atoms with Crippen molar-refractivity contribution in [2.75, 3.05) is 32.8 Å². The van der Waals surface area contributed by atoms with E-state index in [0.717, 1.165) is 19.8 Å². The molecule has 2 atom stereocenters. The van der Waals surface area contributed by atoms with E-state index in [9.17, 15) is 0 Å². The summed E-state index contributed by atoms with van der Waals surface area (Å²) in [7, 11) is 0. The van der Waals surface area contributed by atoms with Gasteiger partial charge in [0.25, 0.3) is 0 Å². The van der Waals surface area contributed by atoms with Gasteiger partial charge in [-0.05, 0) is 32.5 Å². The second kappa shape index (κ2) is 3.73. The number of nitrogens with two attached hydrogens (primary N) is 1. The van der Waals surface area contributed by atoms with Crippen LogP contribution in [0.3, 0.4) is 0 Å². The van der Waals surface area contributed by atoms with Crippen molar-refractivity contribution in [2.45, 2.75) is 18.9 Å². The van der Waals surface area contributed by atoms with Gasteiger partial charge < -0.3 is 10.5 Å². The lowest BCUT2D eigenvalue weighted by Gasteiger charge is -2.26. The van der Waals surface area contributed by atoms with Crippen LogP contribution in [0.5, 0.6) is 0 Å². The van der Waals surface area contributed by atoms with Gasteiger partial charge >= 0.3 is 0 Å². The van der Waals surface area contributed by atoms with Crippen molar-refractivity contribution < 1.29 is 4.74 Å². The quantitative estimate of drug-likeness (QED) is 0.636. The fourth-order valence-corrected chi connectivity index (χ4v) is 2.29. The Hall–Kier alpha value is -0.120. The van der Waals surface area contributed by atoms with Gasteiger partial charge in [-0.1, -0.05) is 0 Å². The minimum atomic E-state index is 0.586. The lowest BCUT2D eigenvalue weighted by atomic mass is 10.0. The molecule has 2 saturated heterocycles.